The third-order valence-electron chi connectivity index (χ3n) is 5.00. The van der Waals surface area contributed by atoms with Gasteiger partial charge in [-0.25, -0.2) is 4.98 Å². The van der Waals surface area contributed by atoms with Gasteiger partial charge in [0.05, 0.1) is 11.4 Å². The number of fused-ring (bicyclic) bond motifs is 1. The molecule has 30 heavy (non-hydrogen) atoms. The van der Waals surface area contributed by atoms with Crippen molar-refractivity contribution in [1.29, 1.82) is 0 Å². The molecule has 1 N–H and O–H groups in total. The maximum atomic E-state index is 12.6. The molecular weight excluding hydrogens is 398 g/mol. The summed E-state index contributed by atoms with van der Waals surface area (Å²) in [6.07, 6.45) is 1.68. The predicted molar refractivity (Wildman–Crippen MR) is 119 cm³/mol. The minimum Gasteiger partial charge on any atom is -0.482 e. The quantitative estimate of drug-likeness (QED) is 0.614. The molecule has 2 aromatic carbocycles. The van der Waals surface area contributed by atoms with Gasteiger partial charge in [0, 0.05) is 23.1 Å². The van der Waals surface area contributed by atoms with Gasteiger partial charge in [0.2, 0.25) is 0 Å². The summed E-state index contributed by atoms with van der Waals surface area (Å²) in [7, 11) is 0. The Balaban J connectivity index is 1.57. The van der Waals surface area contributed by atoms with Crippen LogP contribution in [-0.4, -0.2) is 29.9 Å². The second-order valence-electron chi connectivity index (χ2n) is 7.06. The standard InChI is InChI=1S/C23H21N3O3S/c1-4-9-26-19-11-16(7-8-20(19)29-12-21(26)27)18-13-30-23(24-18)25-22(28)17-6-5-14(2)15(3)10-17/h4-8,10-11,13H,1,9,12H2,2-3H3,(H,24,25,28). The number of ether oxygens (including phenoxy) is 1. The molecule has 0 atom stereocenters. The van der Waals surface area contributed by atoms with E-state index in [4.69, 9.17) is 4.74 Å². The van der Waals surface area contributed by atoms with E-state index in [1.807, 2.05) is 49.6 Å². The summed E-state index contributed by atoms with van der Waals surface area (Å²) >= 11 is 1.35. The largest absolute Gasteiger partial charge is 0.482 e. The summed E-state index contributed by atoms with van der Waals surface area (Å²) in [6.45, 7) is 8.14. The average Bonchev–Trinajstić information content (AvgIpc) is 3.20. The summed E-state index contributed by atoms with van der Waals surface area (Å²) in [5.74, 6) is 0.346. The van der Waals surface area contributed by atoms with Crippen LogP contribution in [0.25, 0.3) is 11.3 Å². The highest BCUT2D eigenvalue weighted by Gasteiger charge is 2.25. The number of aryl methyl sites for hydroxylation is 2. The molecule has 1 aliphatic heterocycles. The van der Waals surface area contributed by atoms with Crippen LogP contribution in [0.1, 0.15) is 21.5 Å². The molecule has 2 amide bonds. The molecule has 7 heteroatoms. The molecule has 0 aliphatic carbocycles. The van der Waals surface area contributed by atoms with Crippen LogP contribution >= 0.6 is 11.3 Å². The molecule has 6 nitrogen and oxygen atoms in total. The van der Waals surface area contributed by atoms with Crippen LogP contribution in [-0.2, 0) is 4.79 Å². The van der Waals surface area contributed by atoms with Crippen LogP contribution in [0.5, 0.6) is 5.75 Å². The smallest absolute Gasteiger partial charge is 0.265 e. The summed E-state index contributed by atoms with van der Waals surface area (Å²) in [6, 6.07) is 11.2. The molecule has 1 aromatic heterocycles. The Kier molecular flexibility index (Phi) is 5.37. The predicted octanol–water partition coefficient (Wildman–Crippen LogP) is 4.59. The molecule has 1 aliphatic rings. The zero-order valence-electron chi connectivity index (χ0n) is 16.8. The summed E-state index contributed by atoms with van der Waals surface area (Å²) in [5.41, 5.74) is 5.05. The van der Waals surface area contributed by atoms with Crippen molar-refractivity contribution in [2.24, 2.45) is 0 Å². The van der Waals surface area contributed by atoms with Gasteiger partial charge in [-0.1, -0.05) is 12.1 Å². The maximum absolute atomic E-state index is 12.6. The van der Waals surface area contributed by atoms with Gasteiger partial charge in [-0.05, 0) is 55.3 Å². The van der Waals surface area contributed by atoms with Gasteiger partial charge >= 0.3 is 0 Å². The fourth-order valence-corrected chi connectivity index (χ4v) is 3.92. The van der Waals surface area contributed by atoms with Crippen molar-refractivity contribution in [3.05, 3.63) is 71.1 Å². The van der Waals surface area contributed by atoms with Crippen molar-refractivity contribution in [1.82, 2.24) is 4.98 Å². The fourth-order valence-electron chi connectivity index (χ4n) is 3.21. The Hall–Kier alpha value is -3.45. The lowest BCUT2D eigenvalue weighted by atomic mass is 10.1. The molecular formula is C23H21N3O3S. The second kappa shape index (κ2) is 8.12. The number of carbonyl (C=O) groups is 2. The van der Waals surface area contributed by atoms with E-state index in [-0.39, 0.29) is 18.4 Å². The van der Waals surface area contributed by atoms with Gasteiger partial charge in [0.1, 0.15) is 5.75 Å². The van der Waals surface area contributed by atoms with E-state index in [9.17, 15) is 9.59 Å². The van der Waals surface area contributed by atoms with Crippen molar-refractivity contribution < 1.29 is 14.3 Å². The number of carbonyl (C=O) groups excluding carboxylic acids is 2. The highest BCUT2D eigenvalue weighted by molar-refractivity contribution is 7.14. The van der Waals surface area contributed by atoms with Gasteiger partial charge < -0.3 is 9.64 Å². The van der Waals surface area contributed by atoms with Crippen molar-refractivity contribution in [2.45, 2.75) is 13.8 Å². The van der Waals surface area contributed by atoms with E-state index in [2.05, 4.69) is 16.9 Å². The Labute approximate surface area is 178 Å². The van der Waals surface area contributed by atoms with Gasteiger partial charge in [-0.3, -0.25) is 14.9 Å². The minimum absolute atomic E-state index is 0.0194. The topological polar surface area (TPSA) is 71.5 Å². The zero-order chi connectivity index (χ0) is 21.3. The highest BCUT2D eigenvalue weighted by atomic mass is 32.1. The molecule has 0 spiro atoms. The van der Waals surface area contributed by atoms with Crippen molar-refractivity contribution in [3.8, 4) is 17.0 Å². The molecule has 4 rings (SSSR count). The number of aromatic nitrogens is 1. The van der Waals surface area contributed by atoms with Gasteiger partial charge in [-0.2, -0.15) is 0 Å². The monoisotopic (exact) mass is 419 g/mol. The first kappa shape index (κ1) is 19.8. The molecule has 0 radical (unpaired) electrons. The molecule has 152 valence electrons. The fraction of sp³-hybridized carbons (Fsp3) is 0.174. The van der Waals surface area contributed by atoms with Crippen molar-refractivity contribution in [3.63, 3.8) is 0 Å². The van der Waals surface area contributed by atoms with Crippen LogP contribution in [0.3, 0.4) is 0 Å². The van der Waals surface area contributed by atoms with E-state index in [0.29, 0.717) is 28.7 Å². The Morgan fingerprint density at radius 2 is 2.10 bits per heavy atom. The average molecular weight is 420 g/mol. The van der Waals surface area contributed by atoms with Crippen LogP contribution in [0.2, 0.25) is 0 Å². The lowest BCUT2D eigenvalue weighted by Gasteiger charge is -2.28. The lowest BCUT2D eigenvalue weighted by molar-refractivity contribution is -0.121. The van der Waals surface area contributed by atoms with Crippen molar-refractivity contribution in [2.75, 3.05) is 23.4 Å². The number of hydrogen-bond donors (Lipinski definition) is 1. The lowest BCUT2D eigenvalue weighted by Crippen LogP contribution is -2.38. The van der Waals surface area contributed by atoms with Crippen LogP contribution < -0.4 is 15.0 Å². The van der Waals surface area contributed by atoms with E-state index >= 15 is 0 Å². The van der Waals surface area contributed by atoms with Gasteiger partial charge in [-0.15, -0.1) is 17.9 Å². The molecule has 2 heterocycles. The Morgan fingerprint density at radius 1 is 1.27 bits per heavy atom. The zero-order valence-corrected chi connectivity index (χ0v) is 17.6. The maximum Gasteiger partial charge on any atom is 0.265 e. The third-order valence-corrected chi connectivity index (χ3v) is 5.76. The van der Waals surface area contributed by atoms with E-state index < -0.39 is 0 Å². The van der Waals surface area contributed by atoms with E-state index in [0.717, 1.165) is 22.4 Å². The van der Waals surface area contributed by atoms with Crippen LogP contribution in [0, 0.1) is 13.8 Å². The highest BCUT2D eigenvalue weighted by Crippen LogP contribution is 2.36. The van der Waals surface area contributed by atoms with Crippen LogP contribution in [0.4, 0.5) is 10.8 Å². The molecule has 0 saturated heterocycles. The molecule has 0 bridgehead atoms. The normalized spacial score (nSPS) is 12.9. The molecule has 0 saturated carbocycles. The SMILES string of the molecule is C=CCN1C(=O)COc2ccc(-c3csc(NC(=O)c4ccc(C)c(C)c4)n3)cc21. The Bertz CT molecular complexity index is 1150. The first-order chi connectivity index (χ1) is 14.5. The summed E-state index contributed by atoms with van der Waals surface area (Å²) in [4.78, 5) is 30.9. The number of hydrogen-bond acceptors (Lipinski definition) is 5. The number of anilines is 2. The number of amides is 2. The molecule has 0 unspecified atom stereocenters. The third kappa shape index (κ3) is 3.84. The van der Waals surface area contributed by atoms with Gasteiger partial charge in [0.25, 0.3) is 11.8 Å². The second-order valence-corrected chi connectivity index (χ2v) is 7.91. The number of nitrogens with one attached hydrogen (secondary N) is 1. The van der Waals surface area contributed by atoms with Gasteiger partial charge in [0.15, 0.2) is 11.7 Å². The molecule has 3 aromatic rings. The van der Waals surface area contributed by atoms with Crippen LogP contribution in [0.15, 0.2) is 54.4 Å². The number of benzene rings is 2. The number of thiazole rings is 1. The Morgan fingerprint density at radius 3 is 2.87 bits per heavy atom. The summed E-state index contributed by atoms with van der Waals surface area (Å²) in [5, 5.41) is 5.25. The number of rotatable bonds is 5. The number of nitrogens with zero attached hydrogens (tertiary/aromatic N) is 2. The van der Waals surface area contributed by atoms with E-state index in [1.165, 1.54) is 11.3 Å². The first-order valence-electron chi connectivity index (χ1n) is 9.49. The first-order valence-corrected chi connectivity index (χ1v) is 10.4. The van der Waals surface area contributed by atoms with E-state index in [1.54, 1.807) is 17.0 Å². The van der Waals surface area contributed by atoms with Crippen molar-refractivity contribution >= 4 is 34.0 Å². The summed E-state index contributed by atoms with van der Waals surface area (Å²) < 4.78 is 5.53. The molecule has 0 fully saturated rings. The minimum atomic E-state index is -0.194.